The van der Waals surface area contributed by atoms with Crippen molar-refractivity contribution in [2.24, 2.45) is 5.92 Å². The molecule has 1 aromatic carbocycles. The molecular weight excluding hydrogens is 324 g/mol. The molecule has 0 aliphatic carbocycles. The second kappa shape index (κ2) is 7.28. The van der Waals surface area contributed by atoms with Crippen LogP contribution in [0.4, 0.5) is 13.9 Å². The van der Waals surface area contributed by atoms with Gasteiger partial charge in [-0.25, -0.2) is 13.8 Å². The number of carbonyl (C=O) groups excluding carboxylic acids is 2. The Morgan fingerprint density at radius 1 is 1.17 bits per heavy atom. The second-order valence-electron chi connectivity index (χ2n) is 5.25. The highest BCUT2D eigenvalue weighted by Gasteiger charge is 2.14. The van der Waals surface area contributed by atoms with Gasteiger partial charge in [0.1, 0.15) is 17.3 Å². The zero-order chi connectivity index (χ0) is 17.0. The van der Waals surface area contributed by atoms with Gasteiger partial charge in [0.25, 0.3) is 11.8 Å². The van der Waals surface area contributed by atoms with E-state index in [2.05, 4.69) is 15.6 Å². The first kappa shape index (κ1) is 17.0. The second-order valence-corrected chi connectivity index (χ2v) is 6.11. The maximum absolute atomic E-state index is 13.1. The number of anilines is 1. The van der Waals surface area contributed by atoms with Gasteiger partial charge in [-0.2, -0.15) is 0 Å². The molecule has 0 saturated heterocycles. The first-order valence-corrected chi connectivity index (χ1v) is 7.74. The van der Waals surface area contributed by atoms with E-state index < -0.39 is 17.5 Å². The predicted molar refractivity (Wildman–Crippen MR) is 83.6 cm³/mol. The number of rotatable bonds is 5. The normalized spacial score (nSPS) is 10.7. The molecule has 2 rings (SSSR count). The lowest BCUT2D eigenvalue weighted by molar-refractivity contribution is 0.0943. The minimum Gasteiger partial charge on any atom is -0.350 e. The molecule has 2 N–H and O–H groups in total. The summed E-state index contributed by atoms with van der Waals surface area (Å²) in [6, 6.07) is 2.52. The van der Waals surface area contributed by atoms with E-state index in [0.29, 0.717) is 18.5 Å². The molecule has 23 heavy (non-hydrogen) atoms. The highest BCUT2D eigenvalue weighted by molar-refractivity contribution is 7.14. The van der Waals surface area contributed by atoms with E-state index in [-0.39, 0.29) is 22.3 Å². The number of nitrogens with zero attached hydrogens (tertiary/aromatic N) is 1. The van der Waals surface area contributed by atoms with Crippen molar-refractivity contribution in [2.75, 3.05) is 11.9 Å². The molecule has 5 nitrogen and oxygen atoms in total. The first-order valence-electron chi connectivity index (χ1n) is 6.86. The van der Waals surface area contributed by atoms with Crippen LogP contribution in [0.15, 0.2) is 23.6 Å². The van der Waals surface area contributed by atoms with Gasteiger partial charge in [0.05, 0.1) is 0 Å². The van der Waals surface area contributed by atoms with Crippen LogP contribution in [0.1, 0.15) is 34.7 Å². The summed E-state index contributed by atoms with van der Waals surface area (Å²) in [5, 5.41) is 6.79. The molecule has 0 atom stereocenters. The van der Waals surface area contributed by atoms with E-state index in [9.17, 15) is 18.4 Å². The van der Waals surface area contributed by atoms with Crippen molar-refractivity contribution in [1.82, 2.24) is 10.3 Å². The number of nitrogens with one attached hydrogen (secondary N) is 2. The summed E-state index contributed by atoms with van der Waals surface area (Å²) in [5.41, 5.74) is 0.0138. The van der Waals surface area contributed by atoms with Gasteiger partial charge >= 0.3 is 0 Å². The highest BCUT2D eigenvalue weighted by Crippen LogP contribution is 2.17. The van der Waals surface area contributed by atoms with Gasteiger partial charge in [0.15, 0.2) is 5.13 Å². The zero-order valence-corrected chi connectivity index (χ0v) is 13.3. The lowest BCUT2D eigenvalue weighted by Gasteiger charge is -2.05. The van der Waals surface area contributed by atoms with Crippen molar-refractivity contribution >= 4 is 28.3 Å². The number of hydrogen-bond donors (Lipinski definition) is 2. The molecule has 0 saturated carbocycles. The number of thiazole rings is 1. The molecule has 0 fully saturated rings. The topological polar surface area (TPSA) is 71.1 Å². The Hall–Kier alpha value is -2.35. The van der Waals surface area contributed by atoms with Crippen LogP contribution in [0.3, 0.4) is 0 Å². The molecule has 0 spiro atoms. The van der Waals surface area contributed by atoms with E-state index in [1.165, 1.54) is 5.38 Å². The Labute approximate surface area is 135 Å². The Balaban J connectivity index is 2.03. The fourth-order valence-corrected chi connectivity index (χ4v) is 2.36. The molecule has 2 aromatic rings. The van der Waals surface area contributed by atoms with Crippen molar-refractivity contribution in [2.45, 2.75) is 13.8 Å². The smallest absolute Gasteiger partial charge is 0.270 e. The van der Waals surface area contributed by atoms with Gasteiger partial charge < -0.3 is 5.32 Å². The molecule has 0 bridgehead atoms. The average Bonchev–Trinajstić information content (AvgIpc) is 2.92. The van der Waals surface area contributed by atoms with Crippen molar-refractivity contribution in [3.63, 3.8) is 0 Å². The third kappa shape index (κ3) is 4.82. The lowest BCUT2D eigenvalue weighted by Crippen LogP contribution is -2.27. The van der Waals surface area contributed by atoms with E-state index in [1.807, 2.05) is 13.8 Å². The number of benzene rings is 1. The van der Waals surface area contributed by atoms with E-state index in [0.717, 1.165) is 23.5 Å². The Kier molecular flexibility index (Phi) is 5.38. The predicted octanol–water partition coefficient (Wildman–Crippen LogP) is 3.06. The molecule has 122 valence electrons. The largest absolute Gasteiger partial charge is 0.350 e. The quantitative estimate of drug-likeness (QED) is 0.879. The Bertz CT molecular complexity index is 711. The van der Waals surface area contributed by atoms with Gasteiger partial charge in [-0.15, -0.1) is 11.3 Å². The van der Waals surface area contributed by atoms with Crippen molar-refractivity contribution in [3.05, 3.63) is 46.5 Å². The number of amides is 2. The van der Waals surface area contributed by atoms with Gasteiger partial charge in [-0.05, 0) is 18.1 Å². The van der Waals surface area contributed by atoms with Crippen LogP contribution >= 0.6 is 11.3 Å². The minimum absolute atomic E-state index is 0.163. The summed E-state index contributed by atoms with van der Waals surface area (Å²) in [4.78, 5) is 27.7. The molecule has 8 heteroatoms. The summed E-state index contributed by atoms with van der Waals surface area (Å²) in [6.45, 7) is 4.44. The van der Waals surface area contributed by atoms with Crippen LogP contribution in [0.2, 0.25) is 0 Å². The minimum atomic E-state index is -0.844. The molecule has 0 aliphatic heterocycles. The highest BCUT2D eigenvalue weighted by atomic mass is 32.1. The SMILES string of the molecule is CC(C)CNC(=O)c1csc(NC(=O)c2cc(F)cc(F)c2)n1. The maximum atomic E-state index is 13.1. The van der Waals surface area contributed by atoms with E-state index in [4.69, 9.17) is 0 Å². The van der Waals surface area contributed by atoms with E-state index in [1.54, 1.807) is 0 Å². The van der Waals surface area contributed by atoms with Crippen LogP contribution in [-0.2, 0) is 0 Å². The Morgan fingerprint density at radius 2 is 1.83 bits per heavy atom. The monoisotopic (exact) mass is 339 g/mol. The maximum Gasteiger partial charge on any atom is 0.270 e. The van der Waals surface area contributed by atoms with E-state index >= 15 is 0 Å². The lowest BCUT2D eigenvalue weighted by atomic mass is 10.2. The standard InChI is InChI=1S/C15H15F2N3O2S/c1-8(2)6-18-14(22)12-7-23-15(19-12)20-13(21)9-3-10(16)5-11(17)4-9/h3-5,7-8H,6H2,1-2H3,(H,18,22)(H,19,20,21). The van der Waals surface area contributed by atoms with Gasteiger partial charge in [-0.1, -0.05) is 13.8 Å². The number of aromatic nitrogens is 1. The number of halogens is 2. The zero-order valence-electron chi connectivity index (χ0n) is 12.5. The molecular formula is C15H15F2N3O2S. The molecule has 1 aromatic heterocycles. The molecule has 2 amide bonds. The fourth-order valence-electron chi connectivity index (χ4n) is 1.68. The van der Waals surface area contributed by atoms with Crippen LogP contribution in [-0.4, -0.2) is 23.3 Å². The van der Waals surface area contributed by atoms with Crippen LogP contribution in [0, 0.1) is 17.6 Å². The number of hydrogen-bond acceptors (Lipinski definition) is 4. The average molecular weight is 339 g/mol. The van der Waals surface area contributed by atoms with Crippen molar-refractivity contribution in [1.29, 1.82) is 0 Å². The van der Waals surface area contributed by atoms with Crippen molar-refractivity contribution in [3.8, 4) is 0 Å². The Morgan fingerprint density at radius 3 is 2.43 bits per heavy atom. The molecule has 0 radical (unpaired) electrons. The third-order valence-corrected chi connectivity index (χ3v) is 3.51. The molecule has 0 unspecified atom stereocenters. The first-order chi connectivity index (χ1) is 10.8. The summed E-state index contributed by atoms with van der Waals surface area (Å²) in [6.07, 6.45) is 0. The molecule has 1 heterocycles. The van der Waals surface area contributed by atoms with Crippen LogP contribution in [0.25, 0.3) is 0 Å². The van der Waals surface area contributed by atoms with Gasteiger partial charge in [0, 0.05) is 23.6 Å². The number of carbonyl (C=O) groups is 2. The fraction of sp³-hybridized carbons (Fsp3) is 0.267. The summed E-state index contributed by atoms with van der Waals surface area (Å²) in [7, 11) is 0. The summed E-state index contributed by atoms with van der Waals surface area (Å²) in [5.74, 6) is -2.43. The van der Waals surface area contributed by atoms with Gasteiger partial charge in [-0.3, -0.25) is 14.9 Å². The van der Waals surface area contributed by atoms with Gasteiger partial charge in [0.2, 0.25) is 0 Å². The molecule has 0 aliphatic rings. The van der Waals surface area contributed by atoms with Crippen LogP contribution < -0.4 is 10.6 Å². The third-order valence-electron chi connectivity index (χ3n) is 2.75. The van der Waals surface area contributed by atoms with Crippen LogP contribution in [0.5, 0.6) is 0 Å². The van der Waals surface area contributed by atoms with Crippen molar-refractivity contribution < 1.29 is 18.4 Å². The summed E-state index contributed by atoms with van der Waals surface area (Å²) < 4.78 is 26.2. The summed E-state index contributed by atoms with van der Waals surface area (Å²) >= 11 is 1.05.